The van der Waals surface area contributed by atoms with Gasteiger partial charge < -0.3 is 0 Å². The van der Waals surface area contributed by atoms with Crippen molar-refractivity contribution < 1.29 is 0 Å². The average Bonchev–Trinajstić information content (AvgIpc) is 2.34. The zero-order valence-electron chi connectivity index (χ0n) is 10.1. The molecule has 0 N–H and O–H groups in total. The third-order valence-electron chi connectivity index (χ3n) is 2.59. The quantitative estimate of drug-likeness (QED) is 0.381. The molecule has 84 valence electrons. The van der Waals surface area contributed by atoms with E-state index in [2.05, 4.69) is 25.3 Å². The second-order valence-corrected chi connectivity index (χ2v) is 3.98. The van der Waals surface area contributed by atoms with Crippen LogP contribution < -0.4 is 0 Å². The topological polar surface area (TPSA) is 0 Å². The standard InChI is InChI=1S/C16H20/c1-3-15(2)11-7-4-5-8-12-16-13-9-6-10-14-16/h6,9-10,13-14H,2-5,7,11H2,1H3. The summed E-state index contributed by atoms with van der Waals surface area (Å²) in [5.41, 5.74) is 2.47. The summed E-state index contributed by atoms with van der Waals surface area (Å²) < 4.78 is 0. The first-order valence-corrected chi connectivity index (χ1v) is 6.03. The molecule has 0 aliphatic carbocycles. The van der Waals surface area contributed by atoms with Gasteiger partial charge in [-0.1, -0.05) is 49.1 Å². The minimum atomic E-state index is 0.992. The van der Waals surface area contributed by atoms with Crippen LogP contribution in [0.4, 0.5) is 0 Å². The maximum Gasteiger partial charge on any atom is 0.0245 e. The molecule has 0 saturated heterocycles. The maximum absolute atomic E-state index is 4.00. The first kappa shape index (κ1) is 12.6. The van der Waals surface area contributed by atoms with E-state index in [1.165, 1.54) is 18.4 Å². The Kier molecular flexibility index (Phi) is 6.11. The molecule has 1 aromatic rings. The van der Waals surface area contributed by atoms with Crippen molar-refractivity contribution in [3.05, 3.63) is 48.0 Å². The van der Waals surface area contributed by atoms with Gasteiger partial charge in [0.1, 0.15) is 0 Å². The zero-order valence-corrected chi connectivity index (χ0v) is 10.1. The van der Waals surface area contributed by atoms with Crippen LogP contribution in [0, 0.1) is 11.8 Å². The molecule has 0 spiro atoms. The minimum absolute atomic E-state index is 0.992. The molecule has 0 unspecified atom stereocenters. The first-order chi connectivity index (χ1) is 7.83. The van der Waals surface area contributed by atoms with Crippen molar-refractivity contribution in [2.24, 2.45) is 0 Å². The predicted octanol–water partition coefficient (Wildman–Crippen LogP) is 4.56. The van der Waals surface area contributed by atoms with Crippen molar-refractivity contribution in [2.45, 2.75) is 39.0 Å². The fourth-order valence-corrected chi connectivity index (χ4v) is 1.45. The summed E-state index contributed by atoms with van der Waals surface area (Å²) in [5.74, 6) is 6.39. The van der Waals surface area contributed by atoms with Gasteiger partial charge in [0.05, 0.1) is 0 Å². The molecule has 0 aliphatic heterocycles. The van der Waals surface area contributed by atoms with E-state index in [1.54, 1.807) is 0 Å². The summed E-state index contributed by atoms with van der Waals surface area (Å²) >= 11 is 0. The van der Waals surface area contributed by atoms with E-state index in [-0.39, 0.29) is 0 Å². The molecule has 0 aromatic heterocycles. The van der Waals surface area contributed by atoms with Crippen LogP contribution in [0.2, 0.25) is 0 Å². The Hall–Kier alpha value is -1.48. The summed E-state index contributed by atoms with van der Waals surface area (Å²) in [6, 6.07) is 10.2. The lowest BCUT2D eigenvalue weighted by Gasteiger charge is -1.99. The minimum Gasteiger partial charge on any atom is -0.0999 e. The fraction of sp³-hybridized carbons (Fsp3) is 0.375. The molecule has 0 nitrogen and oxygen atoms in total. The Labute approximate surface area is 99.4 Å². The Morgan fingerprint density at radius 2 is 1.94 bits per heavy atom. The van der Waals surface area contributed by atoms with Gasteiger partial charge in [-0.05, 0) is 37.8 Å². The highest BCUT2D eigenvalue weighted by atomic mass is 14.0. The van der Waals surface area contributed by atoms with E-state index in [0.29, 0.717) is 0 Å². The summed E-state index contributed by atoms with van der Waals surface area (Å²) in [5, 5.41) is 0. The van der Waals surface area contributed by atoms with Crippen molar-refractivity contribution in [1.82, 2.24) is 0 Å². The molecular weight excluding hydrogens is 192 g/mol. The van der Waals surface area contributed by atoms with Gasteiger partial charge in [0, 0.05) is 12.0 Å². The van der Waals surface area contributed by atoms with Crippen LogP contribution in [0.15, 0.2) is 42.5 Å². The Bertz CT molecular complexity index is 362. The molecule has 1 rings (SSSR count). The molecule has 0 aliphatic rings. The van der Waals surface area contributed by atoms with E-state index in [1.807, 2.05) is 30.3 Å². The number of hydrogen-bond donors (Lipinski definition) is 0. The van der Waals surface area contributed by atoms with Crippen LogP contribution >= 0.6 is 0 Å². The van der Waals surface area contributed by atoms with Crippen LogP contribution in [0.1, 0.15) is 44.6 Å². The number of rotatable bonds is 5. The van der Waals surface area contributed by atoms with Crippen LogP contribution in [0.25, 0.3) is 0 Å². The predicted molar refractivity (Wildman–Crippen MR) is 71.2 cm³/mol. The molecule has 0 amide bonds. The van der Waals surface area contributed by atoms with E-state index >= 15 is 0 Å². The second kappa shape index (κ2) is 7.77. The van der Waals surface area contributed by atoms with Crippen LogP contribution in [0.5, 0.6) is 0 Å². The highest BCUT2D eigenvalue weighted by Gasteiger charge is 1.90. The average molecular weight is 212 g/mol. The van der Waals surface area contributed by atoms with E-state index in [9.17, 15) is 0 Å². The van der Waals surface area contributed by atoms with Crippen molar-refractivity contribution in [2.75, 3.05) is 0 Å². The number of hydrogen-bond acceptors (Lipinski definition) is 0. The maximum atomic E-state index is 4.00. The highest BCUT2D eigenvalue weighted by molar-refractivity contribution is 5.33. The third-order valence-corrected chi connectivity index (χ3v) is 2.59. The molecule has 0 bridgehead atoms. The molecule has 0 fully saturated rings. The first-order valence-electron chi connectivity index (χ1n) is 6.03. The van der Waals surface area contributed by atoms with Gasteiger partial charge in [-0.25, -0.2) is 0 Å². The molecule has 0 radical (unpaired) electrons. The summed E-state index contributed by atoms with van der Waals surface area (Å²) in [6.45, 7) is 6.17. The Morgan fingerprint density at radius 1 is 1.19 bits per heavy atom. The Morgan fingerprint density at radius 3 is 2.62 bits per heavy atom. The molecule has 0 saturated carbocycles. The second-order valence-electron chi connectivity index (χ2n) is 3.98. The van der Waals surface area contributed by atoms with Crippen molar-refractivity contribution in [3.8, 4) is 11.8 Å². The van der Waals surface area contributed by atoms with Crippen molar-refractivity contribution in [3.63, 3.8) is 0 Å². The largest absolute Gasteiger partial charge is 0.0999 e. The molecule has 1 aromatic carbocycles. The lowest BCUT2D eigenvalue weighted by atomic mass is 10.1. The molecular formula is C16H20. The van der Waals surface area contributed by atoms with E-state index < -0.39 is 0 Å². The highest BCUT2D eigenvalue weighted by Crippen LogP contribution is 2.09. The monoisotopic (exact) mass is 212 g/mol. The van der Waals surface area contributed by atoms with Crippen LogP contribution in [0.3, 0.4) is 0 Å². The molecule has 0 atom stereocenters. The smallest absolute Gasteiger partial charge is 0.0245 e. The molecule has 16 heavy (non-hydrogen) atoms. The van der Waals surface area contributed by atoms with Crippen molar-refractivity contribution >= 4 is 0 Å². The molecule has 0 heteroatoms. The summed E-state index contributed by atoms with van der Waals surface area (Å²) in [6.07, 6.45) is 5.65. The Balaban J connectivity index is 2.17. The van der Waals surface area contributed by atoms with Gasteiger partial charge in [-0.2, -0.15) is 0 Å². The summed E-state index contributed by atoms with van der Waals surface area (Å²) in [4.78, 5) is 0. The number of unbranched alkanes of at least 4 members (excludes halogenated alkanes) is 2. The zero-order chi connectivity index (χ0) is 11.6. The summed E-state index contributed by atoms with van der Waals surface area (Å²) in [7, 11) is 0. The fourth-order valence-electron chi connectivity index (χ4n) is 1.45. The van der Waals surface area contributed by atoms with Gasteiger partial charge in [-0.3, -0.25) is 0 Å². The lowest BCUT2D eigenvalue weighted by Crippen LogP contribution is -1.80. The number of allylic oxidation sites excluding steroid dienone is 1. The van der Waals surface area contributed by atoms with Gasteiger partial charge >= 0.3 is 0 Å². The van der Waals surface area contributed by atoms with Crippen LogP contribution in [-0.2, 0) is 0 Å². The molecule has 0 heterocycles. The number of benzene rings is 1. The van der Waals surface area contributed by atoms with Gasteiger partial charge in [0.2, 0.25) is 0 Å². The third kappa shape index (κ3) is 5.41. The van der Waals surface area contributed by atoms with Gasteiger partial charge in [0.15, 0.2) is 0 Å². The lowest BCUT2D eigenvalue weighted by molar-refractivity contribution is 0.737. The van der Waals surface area contributed by atoms with E-state index in [0.717, 1.165) is 24.8 Å². The normalized spacial score (nSPS) is 9.31. The van der Waals surface area contributed by atoms with Crippen LogP contribution in [-0.4, -0.2) is 0 Å². The van der Waals surface area contributed by atoms with Gasteiger partial charge in [-0.15, -0.1) is 0 Å². The van der Waals surface area contributed by atoms with Gasteiger partial charge in [0.25, 0.3) is 0 Å². The van der Waals surface area contributed by atoms with E-state index in [4.69, 9.17) is 0 Å². The van der Waals surface area contributed by atoms with Crippen molar-refractivity contribution in [1.29, 1.82) is 0 Å². The SMILES string of the molecule is C=C(CC)CCCCC#Cc1ccccc1.